The normalized spacial score (nSPS) is 12.0. The van der Waals surface area contributed by atoms with E-state index in [1.807, 2.05) is 60.3 Å². The van der Waals surface area contributed by atoms with E-state index < -0.39 is 13.0 Å². The zero-order valence-electron chi connectivity index (χ0n) is 13.7. The van der Waals surface area contributed by atoms with Gasteiger partial charge in [0.1, 0.15) is 0 Å². The summed E-state index contributed by atoms with van der Waals surface area (Å²) in [6.07, 6.45) is -0.803. The lowest BCUT2D eigenvalue weighted by Crippen LogP contribution is -2.24. The minimum absolute atomic E-state index is 0.124. The van der Waals surface area contributed by atoms with Crippen molar-refractivity contribution in [2.24, 2.45) is 0 Å². The molecule has 0 unspecified atom stereocenters. The van der Waals surface area contributed by atoms with Crippen LogP contribution in [0.15, 0.2) is 48.8 Å². The first-order valence-electron chi connectivity index (χ1n) is 7.87. The van der Waals surface area contributed by atoms with Crippen molar-refractivity contribution in [3.63, 3.8) is 0 Å². The third kappa shape index (κ3) is 4.37. The van der Waals surface area contributed by atoms with Crippen molar-refractivity contribution in [3.05, 3.63) is 60.0 Å². The SMILES string of the molecule is Cc1ccc(-n2ccc3c(CNCCOC(F)(F)F)cccc32)cn1. The second-order valence-electron chi connectivity index (χ2n) is 5.66. The summed E-state index contributed by atoms with van der Waals surface area (Å²) in [5.41, 5.74) is 3.95. The molecule has 4 nitrogen and oxygen atoms in total. The Morgan fingerprint density at radius 2 is 2.00 bits per heavy atom. The average Bonchev–Trinajstić information content (AvgIpc) is 2.99. The fourth-order valence-electron chi connectivity index (χ4n) is 2.68. The van der Waals surface area contributed by atoms with E-state index in [-0.39, 0.29) is 6.54 Å². The molecule has 0 saturated carbocycles. The van der Waals surface area contributed by atoms with Gasteiger partial charge in [-0.1, -0.05) is 12.1 Å². The zero-order valence-corrected chi connectivity index (χ0v) is 13.7. The van der Waals surface area contributed by atoms with Gasteiger partial charge in [0.05, 0.1) is 24.0 Å². The topological polar surface area (TPSA) is 39.1 Å². The first kappa shape index (κ1) is 17.4. The van der Waals surface area contributed by atoms with E-state index in [0.29, 0.717) is 6.54 Å². The standard InChI is InChI=1S/C18H18F3N3O/c1-13-5-6-15(12-23-13)24-9-7-16-14(3-2-4-17(16)24)11-22-8-10-25-18(19,20)21/h2-7,9,12,22H,8,10-11H2,1H3. The van der Waals surface area contributed by atoms with E-state index in [2.05, 4.69) is 15.0 Å². The summed E-state index contributed by atoms with van der Waals surface area (Å²) in [6.45, 7) is 2.12. The van der Waals surface area contributed by atoms with Crippen LogP contribution in [0.5, 0.6) is 0 Å². The number of nitrogens with one attached hydrogen (secondary N) is 1. The molecule has 0 radical (unpaired) electrons. The van der Waals surface area contributed by atoms with Crippen molar-refractivity contribution in [2.75, 3.05) is 13.2 Å². The molecule has 3 rings (SSSR count). The highest BCUT2D eigenvalue weighted by molar-refractivity contribution is 5.85. The van der Waals surface area contributed by atoms with Gasteiger partial charge in [-0.3, -0.25) is 9.72 Å². The lowest BCUT2D eigenvalue weighted by molar-refractivity contribution is -0.323. The van der Waals surface area contributed by atoms with Gasteiger partial charge < -0.3 is 9.88 Å². The number of rotatable bonds is 6. The van der Waals surface area contributed by atoms with Gasteiger partial charge in [0.2, 0.25) is 0 Å². The molecule has 0 aliphatic carbocycles. The number of halogens is 3. The Morgan fingerprint density at radius 3 is 2.72 bits per heavy atom. The molecule has 0 aliphatic rings. The zero-order chi connectivity index (χ0) is 17.9. The molecule has 0 saturated heterocycles. The van der Waals surface area contributed by atoms with Gasteiger partial charge in [-0.2, -0.15) is 0 Å². The van der Waals surface area contributed by atoms with Crippen LogP contribution >= 0.6 is 0 Å². The molecule has 0 aliphatic heterocycles. The molecule has 1 N–H and O–H groups in total. The van der Waals surface area contributed by atoms with Crippen LogP contribution in [-0.4, -0.2) is 29.1 Å². The van der Waals surface area contributed by atoms with Crippen molar-refractivity contribution in [3.8, 4) is 5.69 Å². The van der Waals surface area contributed by atoms with Gasteiger partial charge in [0, 0.05) is 30.4 Å². The van der Waals surface area contributed by atoms with E-state index in [4.69, 9.17) is 0 Å². The van der Waals surface area contributed by atoms with Crippen LogP contribution in [0.4, 0.5) is 13.2 Å². The van der Waals surface area contributed by atoms with Crippen LogP contribution < -0.4 is 5.32 Å². The average molecular weight is 349 g/mol. The lowest BCUT2D eigenvalue weighted by Gasteiger charge is -2.10. The molecule has 25 heavy (non-hydrogen) atoms. The molecule has 2 aromatic heterocycles. The number of fused-ring (bicyclic) bond motifs is 1. The maximum absolute atomic E-state index is 11.9. The summed E-state index contributed by atoms with van der Waals surface area (Å²) in [5.74, 6) is 0. The highest BCUT2D eigenvalue weighted by Gasteiger charge is 2.28. The Balaban J connectivity index is 1.72. The Hall–Kier alpha value is -2.38. The quantitative estimate of drug-likeness (QED) is 0.685. The van der Waals surface area contributed by atoms with E-state index in [1.165, 1.54) is 0 Å². The fourth-order valence-corrected chi connectivity index (χ4v) is 2.68. The Bertz CT molecular complexity index is 841. The number of aromatic nitrogens is 2. The van der Waals surface area contributed by atoms with Crippen molar-refractivity contribution >= 4 is 10.9 Å². The van der Waals surface area contributed by atoms with E-state index in [1.54, 1.807) is 0 Å². The molecule has 0 spiro atoms. The largest absolute Gasteiger partial charge is 0.522 e. The summed E-state index contributed by atoms with van der Waals surface area (Å²) < 4.78 is 41.6. The number of pyridine rings is 1. The maximum Gasteiger partial charge on any atom is 0.522 e. The molecule has 3 aromatic rings. The molecular weight excluding hydrogens is 331 g/mol. The lowest BCUT2D eigenvalue weighted by atomic mass is 10.1. The summed E-state index contributed by atoms with van der Waals surface area (Å²) >= 11 is 0. The molecule has 7 heteroatoms. The Morgan fingerprint density at radius 1 is 1.16 bits per heavy atom. The molecular formula is C18H18F3N3O. The third-order valence-electron chi connectivity index (χ3n) is 3.86. The number of benzene rings is 1. The number of ether oxygens (including phenoxy) is 1. The summed E-state index contributed by atoms with van der Waals surface area (Å²) in [4.78, 5) is 4.32. The van der Waals surface area contributed by atoms with Crippen molar-refractivity contribution < 1.29 is 17.9 Å². The van der Waals surface area contributed by atoms with Gasteiger partial charge in [-0.15, -0.1) is 13.2 Å². The van der Waals surface area contributed by atoms with Crippen molar-refractivity contribution in [1.82, 2.24) is 14.9 Å². The molecule has 2 heterocycles. The summed E-state index contributed by atoms with van der Waals surface area (Å²) in [7, 11) is 0. The number of alkyl halides is 3. The van der Waals surface area contributed by atoms with Gasteiger partial charge in [-0.05, 0) is 36.8 Å². The highest BCUT2D eigenvalue weighted by atomic mass is 19.4. The second-order valence-corrected chi connectivity index (χ2v) is 5.66. The smallest absolute Gasteiger partial charge is 0.315 e. The van der Waals surface area contributed by atoms with Crippen LogP contribution in [0.1, 0.15) is 11.3 Å². The van der Waals surface area contributed by atoms with Gasteiger partial charge in [-0.25, -0.2) is 0 Å². The fraction of sp³-hybridized carbons (Fsp3) is 0.278. The van der Waals surface area contributed by atoms with Gasteiger partial charge in [0.15, 0.2) is 0 Å². The number of hydrogen-bond donors (Lipinski definition) is 1. The van der Waals surface area contributed by atoms with Crippen LogP contribution in [-0.2, 0) is 11.3 Å². The molecule has 0 fully saturated rings. The number of aryl methyl sites for hydroxylation is 1. The molecule has 0 bridgehead atoms. The molecule has 132 valence electrons. The Kier molecular flexibility index (Phi) is 5.06. The van der Waals surface area contributed by atoms with Gasteiger partial charge >= 0.3 is 6.36 Å². The predicted molar refractivity (Wildman–Crippen MR) is 89.5 cm³/mol. The van der Waals surface area contributed by atoms with Crippen molar-refractivity contribution in [1.29, 1.82) is 0 Å². The Labute approximate surface area is 143 Å². The van der Waals surface area contributed by atoms with Crippen LogP contribution in [0.2, 0.25) is 0 Å². The monoisotopic (exact) mass is 349 g/mol. The second kappa shape index (κ2) is 7.25. The van der Waals surface area contributed by atoms with E-state index in [9.17, 15) is 13.2 Å². The first-order chi connectivity index (χ1) is 11.9. The molecule has 0 atom stereocenters. The number of nitrogens with zero attached hydrogens (tertiary/aromatic N) is 2. The van der Waals surface area contributed by atoms with E-state index >= 15 is 0 Å². The van der Waals surface area contributed by atoms with Gasteiger partial charge in [0.25, 0.3) is 0 Å². The molecule has 1 aromatic carbocycles. The highest BCUT2D eigenvalue weighted by Crippen LogP contribution is 2.23. The van der Waals surface area contributed by atoms with E-state index in [0.717, 1.165) is 27.8 Å². The van der Waals surface area contributed by atoms with Crippen LogP contribution in [0.25, 0.3) is 16.6 Å². The molecule has 0 amide bonds. The predicted octanol–water partition coefficient (Wildman–Crippen LogP) is 3.96. The van der Waals surface area contributed by atoms with Crippen molar-refractivity contribution in [2.45, 2.75) is 19.8 Å². The minimum Gasteiger partial charge on any atom is -0.315 e. The summed E-state index contributed by atoms with van der Waals surface area (Å²) in [5, 5.41) is 4.02. The van der Waals surface area contributed by atoms with Crippen LogP contribution in [0, 0.1) is 6.92 Å². The summed E-state index contributed by atoms with van der Waals surface area (Å²) in [6, 6.07) is 11.8. The number of hydrogen-bond acceptors (Lipinski definition) is 3. The maximum atomic E-state index is 11.9. The first-order valence-corrected chi connectivity index (χ1v) is 7.87. The minimum atomic E-state index is -4.58. The third-order valence-corrected chi connectivity index (χ3v) is 3.86. The van der Waals surface area contributed by atoms with Crippen LogP contribution in [0.3, 0.4) is 0 Å².